The van der Waals surface area contributed by atoms with Crippen LogP contribution in [0.3, 0.4) is 0 Å². The van der Waals surface area contributed by atoms with Gasteiger partial charge in [-0.1, -0.05) is 25.8 Å². The lowest BCUT2D eigenvalue weighted by atomic mass is 10.1. The Morgan fingerprint density at radius 3 is 2.56 bits per heavy atom. The molecule has 10 nitrogen and oxygen atoms in total. The van der Waals surface area contributed by atoms with Crippen molar-refractivity contribution in [3.63, 3.8) is 0 Å². The van der Waals surface area contributed by atoms with Crippen molar-refractivity contribution in [3.05, 3.63) is 30.1 Å². The molecule has 1 N–H and O–H groups in total. The second kappa shape index (κ2) is 9.91. The smallest absolute Gasteiger partial charge is 0.284 e. The maximum Gasteiger partial charge on any atom is 0.284 e. The van der Waals surface area contributed by atoms with E-state index in [2.05, 4.69) is 43.1 Å². The molecule has 1 aliphatic carbocycles. The van der Waals surface area contributed by atoms with Gasteiger partial charge >= 0.3 is 0 Å². The molecule has 1 atom stereocenters. The van der Waals surface area contributed by atoms with E-state index in [9.17, 15) is 10.1 Å². The number of pyridine rings is 1. The lowest BCUT2D eigenvalue weighted by Crippen LogP contribution is -2.50. The number of fused-ring (bicyclic) bond motifs is 1. The number of aromatic nitrogens is 3. The van der Waals surface area contributed by atoms with Gasteiger partial charge in [0.05, 0.1) is 6.20 Å². The van der Waals surface area contributed by atoms with Crippen LogP contribution < -0.4 is 15.0 Å². The first-order valence-corrected chi connectivity index (χ1v) is 12.1. The van der Waals surface area contributed by atoms with Crippen LogP contribution in [-0.4, -0.2) is 75.5 Å². The van der Waals surface area contributed by atoms with Gasteiger partial charge in [-0.05, 0) is 31.0 Å². The molecule has 10 heteroatoms. The predicted octanol–water partition coefficient (Wildman–Crippen LogP) is 2.31. The number of anilines is 3. The minimum Gasteiger partial charge on any atom is -0.460 e. The molecule has 2 fully saturated rings. The van der Waals surface area contributed by atoms with E-state index in [-0.39, 0.29) is 11.9 Å². The van der Waals surface area contributed by atoms with Crippen LogP contribution in [0, 0.1) is 11.3 Å². The monoisotopic (exact) mass is 462 g/mol. The number of ether oxygens (including phenoxy) is 1. The van der Waals surface area contributed by atoms with Crippen LogP contribution in [0.25, 0.3) is 0 Å². The summed E-state index contributed by atoms with van der Waals surface area (Å²) in [6.45, 7) is 8.56. The van der Waals surface area contributed by atoms with E-state index in [1.54, 1.807) is 4.90 Å². The molecule has 3 aliphatic rings. The fourth-order valence-electron chi connectivity index (χ4n) is 4.91. The Morgan fingerprint density at radius 2 is 1.88 bits per heavy atom. The van der Waals surface area contributed by atoms with E-state index in [0.717, 1.165) is 70.5 Å². The van der Waals surface area contributed by atoms with E-state index in [4.69, 9.17) is 4.74 Å². The number of carbonyl (C=O) groups is 1. The standard InChI is InChI=1S/C24H30N8O2/c1-2-30-9-11-31(12-10-30)16-17-7-8-21(26-14-17)28-24-27-15-20-22(29-24)32(18-5-3-4-6-18)23(33)19(13-25)34-20/h7-8,14-15,18-19H,2-6,9-12,16H2,1H3,(H,26,27,28,29). The Balaban J connectivity index is 1.28. The van der Waals surface area contributed by atoms with Gasteiger partial charge in [0, 0.05) is 45.0 Å². The van der Waals surface area contributed by atoms with E-state index >= 15 is 0 Å². The second-order valence-electron chi connectivity index (χ2n) is 9.04. The van der Waals surface area contributed by atoms with Crippen molar-refractivity contribution in [2.45, 2.75) is 51.3 Å². The maximum atomic E-state index is 12.9. The lowest BCUT2D eigenvalue weighted by Gasteiger charge is -2.34. The normalized spacial score (nSPS) is 21.7. The highest BCUT2D eigenvalue weighted by molar-refractivity contribution is 6.01. The third kappa shape index (κ3) is 4.67. The number of nitrogens with zero attached hydrogens (tertiary/aromatic N) is 7. The third-order valence-electron chi connectivity index (χ3n) is 6.86. The van der Waals surface area contributed by atoms with Crippen molar-refractivity contribution in [2.24, 2.45) is 0 Å². The highest BCUT2D eigenvalue weighted by Crippen LogP contribution is 2.37. The Kier molecular flexibility index (Phi) is 6.56. The Labute approximate surface area is 199 Å². The van der Waals surface area contributed by atoms with Crippen LogP contribution in [0.2, 0.25) is 0 Å². The summed E-state index contributed by atoms with van der Waals surface area (Å²) >= 11 is 0. The number of likely N-dealkylation sites (N-methyl/N-ethyl adjacent to an activating group) is 1. The number of hydrogen-bond donors (Lipinski definition) is 1. The molecule has 5 rings (SSSR count). The van der Waals surface area contributed by atoms with Gasteiger partial charge in [0.2, 0.25) is 5.95 Å². The van der Waals surface area contributed by atoms with Gasteiger partial charge < -0.3 is 15.0 Å². The zero-order valence-corrected chi connectivity index (χ0v) is 19.5. The average Bonchev–Trinajstić information content (AvgIpc) is 3.40. The zero-order chi connectivity index (χ0) is 23.5. The summed E-state index contributed by atoms with van der Waals surface area (Å²) in [7, 11) is 0. The summed E-state index contributed by atoms with van der Waals surface area (Å²) in [6.07, 6.45) is 6.15. The SMILES string of the molecule is CCN1CCN(Cc2ccc(Nc3ncc4c(n3)N(C3CCCC3)C(=O)C(C#N)O4)nc2)CC1. The molecular weight excluding hydrogens is 432 g/mol. The number of carbonyl (C=O) groups excluding carboxylic acids is 1. The second-order valence-corrected chi connectivity index (χ2v) is 9.04. The Morgan fingerprint density at radius 1 is 1.12 bits per heavy atom. The molecule has 1 amide bonds. The summed E-state index contributed by atoms with van der Waals surface area (Å²) in [5, 5.41) is 12.5. The molecule has 2 aromatic rings. The average molecular weight is 463 g/mol. The number of amides is 1. The van der Waals surface area contributed by atoms with Gasteiger partial charge in [0.15, 0.2) is 11.6 Å². The Bertz CT molecular complexity index is 1060. The van der Waals surface area contributed by atoms with Crippen molar-refractivity contribution in [1.82, 2.24) is 24.8 Å². The first kappa shape index (κ1) is 22.5. The van der Waals surface area contributed by atoms with Gasteiger partial charge in [0.1, 0.15) is 11.9 Å². The largest absolute Gasteiger partial charge is 0.460 e. The Hall–Kier alpha value is -3.29. The van der Waals surface area contributed by atoms with Gasteiger partial charge in [-0.25, -0.2) is 9.97 Å². The van der Waals surface area contributed by atoms with Crippen LogP contribution in [0.15, 0.2) is 24.5 Å². The van der Waals surface area contributed by atoms with Crippen LogP contribution >= 0.6 is 0 Å². The molecule has 0 bridgehead atoms. The predicted molar refractivity (Wildman–Crippen MR) is 127 cm³/mol. The molecule has 0 radical (unpaired) electrons. The fourth-order valence-corrected chi connectivity index (χ4v) is 4.91. The summed E-state index contributed by atoms with van der Waals surface area (Å²) in [6, 6.07) is 5.96. The third-order valence-corrected chi connectivity index (χ3v) is 6.86. The number of nitriles is 1. The number of hydrogen-bond acceptors (Lipinski definition) is 9. The number of nitrogens with one attached hydrogen (secondary N) is 1. The molecule has 178 valence electrons. The van der Waals surface area contributed by atoms with Crippen molar-refractivity contribution in [3.8, 4) is 11.8 Å². The van der Waals surface area contributed by atoms with Crippen molar-refractivity contribution in [2.75, 3.05) is 42.9 Å². The quantitative estimate of drug-likeness (QED) is 0.691. The van der Waals surface area contributed by atoms with Crippen LogP contribution in [0.4, 0.5) is 17.6 Å². The van der Waals surface area contributed by atoms with Gasteiger partial charge in [0.25, 0.3) is 12.0 Å². The highest BCUT2D eigenvalue weighted by atomic mass is 16.5. The van der Waals surface area contributed by atoms with Gasteiger partial charge in [-0.2, -0.15) is 10.2 Å². The minimum atomic E-state index is -1.16. The molecule has 0 spiro atoms. The molecular formula is C24H30N8O2. The summed E-state index contributed by atoms with van der Waals surface area (Å²) in [5.41, 5.74) is 1.16. The molecule has 0 aromatic carbocycles. The molecule has 2 aromatic heterocycles. The minimum absolute atomic E-state index is 0.0327. The van der Waals surface area contributed by atoms with Crippen molar-refractivity contribution < 1.29 is 9.53 Å². The summed E-state index contributed by atoms with van der Waals surface area (Å²) in [5.74, 6) is 1.39. The van der Waals surface area contributed by atoms with Gasteiger partial charge in [-0.3, -0.25) is 14.6 Å². The maximum absolute atomic E-state index is 12.9. The molecule has 1 unspecified atom stereocenters. The van der Waals surface area contributed by atoms with Crippen LogP contribution in [-0.2, 0) is 11.3 Å². The van der Waals surface area contributed by atoms with Crippen molar-refractivity contribution >= 4 is 23.5 Å². The van der Waals surface area contributed by atoms with E-state index in [1.165, 1.54) is 6.20 Å². The zero-order valence-electron chi connectivity index (χ0n) is 19.5. The number of piperazine rings is 1. The molecule has 1 saturated heterocycles. The highest BCUT2D eigenvalue weighted by Gasteiger charge is 2.40. The fraction of sp³-hybridized carbons (Fsp3) is 0.542. The van der Waals surface area contributed by atoms with Crippen LogP contribution in [0.5, 0.6) is 5.75 Å². The molecule has 4 heterocycles. The molecule has 1 saturated carbocycles. The van der Waals surface area contributed by atoms with Crippen LogP contribution in [0.1, 0.15) is 38.2 Å². The number of rotatable bonds is 6. The first-order valence-electron chi connectivity index (χ1n) is 12.1. The topological polar surface area (TPSA) is 111 Å². The summed E-state index contributed by atoms with van der Waals surface area (Å²) < 4.78 is 5.56. The van der Waals surface area contributed by atoms with Crippen molar-refractivity contribution in [1.29, 1.82) is 5.26 Å². The lowest BCUT2D eigenvalue weighted by molar-refractivity contribution is -0.124. The van der Waals surface area contributed by atoms with E-state index < -0.39 is 6.10 Å². The van der Waals surface area contributed by atoms with E-state index in [0.29, 0.717) is 23.3 Å². The molecule has 34 heavy (non-hydrogen) atoms. The summed E-state index contributed by atoms with van der Waals surface area (Å²) in [4.78, 5) is 32.9. The van der Waals surface area contributed by atoms with Gasteiger partial charge in [-0.15, -0.1) is 0 Å². The molecule has 2 aliphatic heterocycles. The van der Waals surface area contributed by atoms with E-state index in [1.807, 2.05) is 18.3 Å². The first-order chi connectivity index (χ1) is 16.6.